The zero-order valence-electron chi connectivity index (χ0n) is 45.6. The van der Waals surface area contributed by atoms with Crippen molar-refractivity contribution in [1.82, 2.24) is 51.0 Å². The third kappa shape index (κ3) is 24.7. The second-order valence-corrected chi connectivity index (χ2v) is 21.1. The van der Waals surface area contributed by atoms with Gasteiger partial charge in [0.15, 0.2) is 5.78 Å². The quantitative estimate of drug-likeness (QED) is 0.0476. The average molecular weight is 1120 g/mol. The fourth-order valence-electron chi connectivity index (χ4n) is 9.95. The summed E-state index contributed by atoms with van der Waals surface area (Å²) in [7, 11) is 2.94. The molecule has 436 valence electrons. The molecule has 0 spiro atoms. The predicted octanol–water partition coefficient (Wildman–Crippen LogP) is -0.849. The summed E-state index contributed by atoms with van der Waals surface area (Å²) in [6, 6.07) is -0.941. The van der Waals surface area contributed by atoms with Crippen molar-refractivity contribution in [1.29, 1.82) is 0 Å². The van der Waals surface area contributed by atoms with E-state index >= 15 is 0 Å². The summed E-state index contributed by atoms with van der Waals surface area (Å²) in [5, 5.41) is 19.5. The van der Waals surface area contributed by atoms with Crippen LogP contribution in [0.5, 0.6) is 0 Å². The van der Waals surface area contributed by atoms with Gasteiger partial charge >= 0.3 is 15.3 Å². The summed E-state index contributed by atoms with van der Waals surface area (Å²) in [6.45, 7) is 6.60. The number of ketones is 3. The van der Waals surface area contributed by atoms with Gasteiger partial charge in [-0.25, -0.2) is 4.68 Å². The number of amides is 4. The highest BCUT2D eigenvalue weighted by molar-refractivity contribution is 6.41. The van der Waals surface area contributed by atoms with Gasteiger partial charge < -0.3 is 51.3 Å². The number of unbranched alkanes of at least 4 members (excludes halogenated alkanes) is 1. The molecule has 6 atom stereocenters. The Balaban J connectivity index is 0.846. The molecule has 2 aliphatic carbocycles. The maximum absolute atomic E-state index is 14.0. The van der Waals surface area contributed by atoms with Crippen LogP contribution in [0, 0.1) is 17.8 Å². The molecular weight excluding hydrogens is 1040 g/mol. The second kappa shape index (κ2) is 35.7. The van der Waals surface area contributed by atoms with Gasteiger partial charge in [-0.2, -0.15) is 0 Å². The first-order chi connectivity index (χ1) is 37.7. The van der Waals surface area contributed by atoms with Crippen molar-refractivity contribution in [2.45, 2.75) is 109 Å². The molecule has 0 radical (unpaired) electrons. The Kier molecular flexibility index (Phi) is 29.3. The zero-order valence-corrected chi connectivity index (χ0v) is 46.8. The van der Waals surface area contributed by atoms with Gasteiger partial charge in [-0.3, -0.25) is 57.9 Å². The highest BCUT2D eigenvalue weighted by Gasteiger charge is 2.50. The van der Waals surface area contributed by atoms with Crippen molar-refractivity contribution in [2.75, 3.05) is 132 Å². The van der Waals surface area contributed by atoms with Crippen LogP contribution >= 0.6 is 0 Å². The van der Waals surface area contributed by atoms with Crippen LogP contribution in [0.4, 0.5) is 3.52 Å². The Labute approximate surface area is 461 Å². The molecule has 1 saturated carbocycles. The standard InChI is InChI=1S/C51H84N10O15.Al.FH/c1-52-46(65)14-7-37(62)6-10-43(45(64)13-15-47(66)53-2)55-48(67)16-25-73-27-29-75-31-32-76-30-28-74-26-17-54-49(68)33-41-39-8-11-42-44(12-9-40(39)41)61(57-56-42)18-4-3-5-38(63)34-58-19-21-59(35-50(69)70)23-24-60(22-20-58)36-51(71)72;;/h39-41,43H,3-36H2,1-2H3,(H,52,65)(H,53,66)(H,54,68)(H,55,67)(H,69,70)(H,71,72);;1H/q;+3;/p-3/t39?,40?,41-,43-;;/m0../s1/i;;1-1. The summed E-state index contributed by atoms with van der Waals surface area (Å²) in [6.07, 6.45) is 5.99. The van der Waals surface area contributed by atoms with Gasteiger partial charge in [0.1, 0.15) is 11.6 Å². The number of hydrogen-bond acceptors (Lipinski definition) is 20. The lowest BCUT2D eigenvalue weighted by molar-refractivity contribution is -0.142. The van der Waals surface area contributed by atoms with Crippen LogP contribution in [0.1, 0.15) is 94.9 Å². The number of nitrogens with one attached hydrogen (secondary N) is 4. The van der Waals surface area contributed by atoms with Crippen molar-refractivity contribution in [3.05, 3.63) is 11.4 Å². The number of hydrogen-bond donors (Lipinski definition) is 4. The van der Waals surface area contributed by atoms with Gasteiger partial charge in [-0.05, 0) is 62.7 Å². The van der Waals surface area contributed by atoms with E-state index in [0.29, 0.717) is 122 Å². The molecule has 1 aromatic heterocycles. The first-order valence-electron chi connectivity index (χ1n) is 27.7. The summed E-state index contributed by atoms with van der Waals surface area (Å²) >= 11 is -3.88. The van der Waals surface area contributed by atoms with Crippen LogP contribution in [-0.4, -0.2) is 236 Å². The van der Waals surface area contributed by atoms with E-state index in [1.54, 1.807) is 0 Å². The van der Waals surface area contributed by atoms with Crippen molar-refractivity contribution in [3.8, 4) is 0 Å². The van der Waals surface area contributed by atoms with Gasteiger partial charge in [0.2, 0.25) is 23.6 Å². The van der Waals surface area contributed by atoms with E-state index in [4.69, 9.17) is 26.5 Å². The first-order valence-corrected chi connectivity index (χ1v) is 29.0. The largest absolute Gasteiger partial charge is 1.15 e. The number of aryl methyl sites for hydroxylation is 2. The molecule has 1 aromatic rings. The van der Waals surface area contributed by atoms with E-state index in [-0.39, 0.29) is 119 Å². The molecule has 2 bridgehead atoms. The van der Waals surface area contributed by atoms with E-state index in [1.807, 2.05) is 19.4 Å². The Bertz CT molecular complexity index is 2090. The number of ether oxygens (including phenoxy) is 4. The number of rotatable bonds is 35. The molecule has 3 heterocycles. The van der Waals surface area contributed by atoms with Crippen molar-refractivity contribution < 1.29 is 73.2 Å². The smallest absolute Gasteiger partial charge is 0.558 e. The van der Waals surface area contributed by atoms with Crippen LogP contribution in [0.2, 0.25) is 0 Å². The number of Topliss-reactive ketones (excluding diaryl/α,β-unsaturated/α-hetero) is 3. The fourth-order valence-corrected chi connectivity index (χ4v) is 10.6. The van der Waals surface area contributed by atoms with E-state index in [9.17, 15) is 46.7 Å². The molecule has 2 saturated heterocycles. The van der Waals surface area contributed by atoms with Crippen molar-refractivity contribution >= 4 is 68.2 Å². The van der Waals surface area contributed by atoms with Gasteiger partial charge in [0, 0.05) is 118 Å². The Hall–Kier alpha value is -4.85. The Morgan fingerprint density at radius 1 is 0.654 bits per heavy atom. The maximum Gasteiger partial charge on any atom is 1.15 e. The summed E-state index contributed by atoms with van der Waals surface area (Å²) < 4.78 is 47.6. The molecular formula is C51H82AlFN10O15. The molecule has 25 nitrogen and oxygen atoms in total. The fraction of sp³-hybridized carbons (Fsp3) is 0.784. The number of carbonyl (C=O) groups is 9. The van der Waals surface area contributed by atoms with Crippen LogP contribution in [-0.2, 0) is 89.1 Å². The molecule has 0 aromatic carbocycles. The zero-order chi connectivity index (χ0) is 56.1. The molecule has 4 unspecified atom stereocenters. The topological polar surface area (TPSA) is 298 Å². The van der Waals surface area contributed by atoms with Gasteiger partial charge in [-0.1, -0.05) is 5.21 Å². The van der Waals surface area contributed by atoms with E-state index < -0.39 is 39.2 Å². The normalized spacial score (nSPS) is 21.1. The molecule has 5 rings (SSSR count). The summed E-state index contributed by atoms with van der Waals surface area (Å²) in [4.78, 5) is 117. The minimum Gasteiger partial charge on any atom is -0.558 e. The molecule has 4 amide bonds. The van der Waals surface area contributed by atoms with E-state index in [0.717, 1.165) is 43.5 Å². The minimum absolute atomic E-state index is 0.00352. The van der Waals surface area contributed by atoms with Gasteiger partial charge in [0.25, 0.3) is 11.9 Å². The summed E-state index contributed by atoms with van der Waals surface area (Å²) in [5.41, 5.74) is 2.17. The molecule has 78 heavy (non-hydrogen) atoms. The number of fused-ring (bicyclic) bond motifs is 5. The lowest BCUT2D eigenvalue weighted by Gasteiger charge is -2.25. The van der Waals surface area contributed by atoms with Gasteiger partial charge in [0.05, 0.1) is 89.9 Å². The SMILES string of the molecule is CNC(=O)CCC(=O)CC[C@H](NC(=O)CCOCCOCCOCCOCCNC(=O)C[C@H]1C2CCc3nnn(CCCCC(=O)CN4CCN5CCN(CC4)CC(=O)[O][Al]([18F])[O]C(=O)C5)c3CCC21)C(=O)CCC(=O)NC. The molecule has 27 heteroatoms. The lowest BCUT2D eigenvalue weighted by atomic mass is 9.99. The van der Waals surface area contributed by atoms with Crippen LogP contribution < -0.4 is 21.3 Å². The predicted molar refractivity (Wildman–Crippen MR) is 278 cm³/mol. The highest BCUT2D eigenvalue weighted by Crippen LogP contribution is 2.54. The Morgan fingerprint density at radius 3 is 1.86 bits per heavy atom. The summed E-state index contributed by atoms with van der Waals surface area (Å²) in [5.74, 6) is -1.62. The van der Waals surface area contributed by atoms with Crippen LogP contribution in [0.3, 0.4) is 0 Å². The number of nitrogens with zero attached hydrogens (tertiary/aromatic N) is 6. The van der Waals surface area contributed by atoms with E-state index in [2.05, 4.69) is 31.6 Å². The lowest BCUT2D eigenvalue weighted by Crippen LogP contribution is -2.42. The Morgan fingerprint density at radius 2 is 1.23 bits per heavy atom. The molecule has 4 aliphatic rings. The van der Waals surface area contributed by atoms with Crippen molar-refractivity contribution in [3.63, 3.8) is 0 Å². The maximum atomic E-state index is 14.0. The monoisotopic (exact) mass is 1120 g/mol. The van der Waals surface area contributed by atoms with Crippen LogP contribution in [0.15, 0.2) is 0 Å². The molecule has 3 fully saturated rings. The van der Waals surface area contributed by atoms with Crippen molar-refractivity contribution in [2.24, 2.45) is 17.8 Å². The number of halogens is 1. The average Bonchev–Trinajstić information content (AvgIpc) is 3.94. The number of aromatic nitrogens is 3. The third-order valence-electron chi connectivity index (χ3n) is 14.5. The third-order valence-corrected chi connectivity index (χ3v) is 15.4. The molecule has 4 N–H and O–H groups in total. The minimum atomic E-state index is -3.88. The first kappa shape index (κ1) is 64.0. The van der Waals surface area contributed by atoms with E-state index in [1.165, 1.54) is 14.1 Å². The van der Waals surface area contributed by atoms with Crippen LogP contribution in [0.25, 0.3) is 0 Å². The molecule has 2 aliphatic heterocycles. The number of carbonyl (C=O) groups excluding carboxylic acids is 9. The highest BCUT2D eigenvalue weighted by atomic mass is 27.3. The second-order valence-electron chi connectivity index (χ2n) is 20.1. The van der Waals surface area contributed by atoms with Gasteiger partial charge in [-0.15, -0.1) is 5.10 Å².